The standard InChI is InChI=1S/C21H32N4O4S/c26-21(19-14-20(29-23-19)15-4-5-15)22-16-12-17-6-7-18(13-16)25(17)30(27,28)11-3-10-24-8-1-2-9-24/h14-18H,1-13H2,(H,22,26)/t16?,17-,18+. The van der Waals surface area contributed by atoms with Gasteiger partial charge in [0.25, 0.3) is 5.91 Å². The summed E-state index contributed by atoms with van der Waals surface area (Å²) in [5.74, 6) is 1.25. The lowest BCUT2D eigenvalue weighted by Crippen LogP contribution is -2.53. The Hall–Kier alpha value is -1.45. The van der Waals surface area contributed by atoms with Gasteiger partial charge in [-0.2, -0.15) is 4.31 Å². The van der Waals surface area contributed by atoms with Gasteiger partial charge in [0.05, 0.1) is 5.75 Å². The molecule has 0 aromatic carbocycles. The van der Waals surface area contributed by atoms with Crippen molar-refractivity contribution < 1.29 is 17.7 Å². The van der Waals surface area contributed by atoms with Gasteiger partial charge in [-0.25, -0.2) is 8.42 Å². The van der Waals surface area contributed by atoms with Crippen LogP contribution in [0.25, 0.3) is 0 Å². The lowest BCUT2D eigenvalue weighted by atomic mass is 9.99. The van der Waals surface area contributed by atoms with Crippen molar-refractivity contribution in [3.8, 4) is 0 Å². The zero-order chi connectivity index (χ0) is 20.7. The monoisotopic (exact) mass is 436 g/mol. The van der Waals surface area contributed by atoms with Crippen LogP contribution in [0.5, 0.6) is 0 Å². The Morgan fingerprint density at radius 2 is 1.83 bits per heavy atom. The third kappa shape index (κ3) is 4.29. The molecule has 5 rings (SSSR count). The van der Waals surface area contributed by atoms with Crippen LogP contribution in [0.1, 0.15) is 80.0 Å². The molecule has 1 aliphatic carbocycles. The summed E-state index contributed by atoms with van der Waals surface area (Å²) in [7, 11) is -3.25. The molecule has 4 heterocycles. The second-order valence-electron chi connectivity index (χ2n) is 9.46. The van der Waals surface area contributed by atoms with Gasteiger partial charge in [-0.1, -0.05) is 5.16 Å². The molecule has 3 aliphatic heterocycles. The fourth-order valence-electron chi connectivity index (χ4n) is 5.50. The Labute approximate surface area is 178 Å². The second-order valence-corrected chi connectivity index (χ2v) is 11.5. The highest BCUT2D eigenvalue weighted by molar-refractivity contribution is 7.89. The number of hydrogen-bond donors (Lipinski definition) is 1. The predicted molar refractivity (Wildman–Crippen MR) is 112 cm³/mol. The molecular weight excluding hydrogens is 404 g/mol. The molecule has 1 N–H and O–H groups in total. The van der Waals surface area contributed by atoms with Crippen molar-refractivity contribution in [2.75, 3.05) is 25.4 Å². The molecule has 0 spiro atoms. The van der Waals surface area contributed by atoms with Crippen molar-refractivity contribution in [1.29, 1.82) is 0 Å². The molecular formula is C21H32N4O4S. The lowest BCUT2D eigenvalue weighted by molar-refractivity contribution is 0.0900. The molecule has 1 aromatic rings. The van der Waals surface area contributed by atoms with Crippen LogP contribution >= 0.6 is 0 Å². The zero-order valence-electron chi connectivity index (χ0n) is 17.5. The van der Waals surface area contributed by atoms with Crippen molar-refractivity contribution in [2.24, 2.45) is 0 Å². The highest BCUT2D eigenvalue weighted by Gasteiger charge is 2.46. The molecule has 3 atom stereocenters. The molecule has 4 fully saturated rings. The minimum absolute atomic E-state index is 0.00479. The number of likely N-dealkylation sites (tertiary alicyclic amines) is 1. The van der Waals surface area contributed by atoms with E-state index in [0.29, 0.717) is 30.9 Å². The summed E-state index contributed by atoms with van der Waals surface area (Å²) in [6, 6.07) is 1.75. The van der Waals surface area contributed by atoms with Crippen molar-refractivity contribution >= 4 is 15.9 Å². The number of amides is 1. The van der Waals surface area contributed by atoms with E-state index >= 15 is 0 Å². The maximum absolute atomic E-state index is 13.0. The van der Waals surface area contributed by atoms with Gasteiger partial charge in [0.2, 0.25) is 10.0 Å². The Morgan fingerprint density at radius 1 is 1.13 bits per heavy atom. The Kier molecular flexibility index (Phi) is 5.62. The molecule has 0 radical (unpaired) electrons. The van der Waals surface area contributed by atoms with Gasteiger partial charge in [-0.05, 0) is 77.4 Å². The van der Waals surface area contributed by atoms with Crippen LogP contribution in [0, 0.1) is 0 Å². The highest BCUT2D eigenvalue weighted by Crippen LogP contribution is 2.40. The quantitative estimate of drug-likeness (QED) is 0.670. The first-order valence-corrected chi connectivity index (χ1v) is 13.1. The van der Waals surface area contributed by atoms with E-state index in [-0.39, 0.29) is 29.8 Å². The number of carbonyl (C=O) groups is 1. The third-order valence-electron chi connectivity index (χ3n) is 7.14. The molecule has 9 heteroatoms. The van der Waals surface area contributed by atoms with E-state index < -0.39 is 10.0 Å². The second kappa shape index (κ2) is 8.24. The summed E-state index contributed by atoms with van der Waals surface area (Å²) in [5.41, 5.74) is 0.334. The number of hydrogen-bond acceptors (Lipinski definition) is 6. The number of aromatic nitrogens is 1. The zero-order valence-corrected chi connectivity index (χ0v) is 18.3. The fraction of sp³-hybridized carbons (Fsp3) is 0.810. The van der Waals surface area contributed by atoms with E-state index in [4.69, 9.17) is 4.52 Å². The first-order chi connectivity index (χ1) is 14.5. The Balaban J connectivity index is 1.15. The number of rotatable bonds is 8. The number of nitrogens with one attached hydrogen (secondary N) is 1. The van der Waals surface area contributed by atoms with Gasteiger partial charge >= 0.3 is 0 Å². The maximum Gasteiger partial charge on any atom is 0.273 e. The minimum Gasteiger partial charge on any atom is -0.360 e. The number of carbonyl (C=O) groups excluding carboxylic acids is 1. The van der Waals surface area contributed by atoms with Gasteiger partial charge in [0.15, 0.2) is 5.69 Å². The van der Waals surface area contributed by atoms with Crippen molar-refractivity contribution in [1.82, 2.24) is 19.7 Å². The van der Waals surface area contributed by atoms with Crippen LogP contribution in [0.2, 0.25) is 0 Å². The van der Waals surface area contributed by atoms with Gasteiger partial charge in [-0.15, -0.1) is 0 Å². The summed E-state index contributed by atoms with van der Waals surface area (Å²) in [6.45, 7) is 3.08. The minimum atomic E-state index is -3.25. The van der Waals surface area contributed by atoms with E-state index in [1.165, 1.54) is 12.8 Å². The molecule has 30 heavy (non-hydrogen) atoms. The predicted octanol–water partition coefficient (Wildman–Crippen LogP) is 2.09. The van der Waals surface area contributed by atoms with E-state index in [1.54, 1.807) is 10.4 Å². The maximum atomic E-state index is 13.0. The average Bonchev–Trinajstić information content (AvgIpc) is 3.11. The van der Waals surface area contributed by atoms with Crippen molar-refractivity contribution in [3.05, 3.63) is 17.5 Å². The molecule has 1 amide bonds. The molecule has 8 nitrogen and oxygen atoms in total. The molecule has 2 bridgehead atoms. The summed E-state index contributed by atoms with van der Waals surface area (Å²) < 4.78 is 33.1. The first-order valence-electron chi connectivity index (χ1n) is 11.5. The largest absolute Gasteiger partial charge is 0.360 e. The SMILES string of the molecule is O=C(NC1C[C@H]2CC[C@@H](C1)N2S(=O)(=O)CCCN1CCCC1)c1cc(C2CC2)on1. The van der Waals surface area contributed by atoms with E-state index in [0.717, 1.165) is 51.1 Å². The topological polar surface area (TPSA) is 95.8 Å². The van der Waals surface area contributed by atoms with Gasteiger partial charge in [0, 0.05) is 30.1 Å². The number of nitrogens with zero attached hydrogens (tertiary/aromatic N) is 3. The number of sulfonamides is 1. The van der Waals surface area contributed by atoms with Crippen LogP contribution in [-0.4, -0.2) is 72.2 Å². The fourth-order valence-corrected chi connectivity index (χ4v) is 7.50. The highest BCUT2D eigenvalue weighted by atomic mass is 32.2. The molecule has 1 saturated carbocycles. The molecule has 1 aromatic heterocycles. The first kappa shape index (κ1) is 20.5. The molecule has 3 saturated heterocycles. The third-order valence-corrected chi connectivity index (χ3v) is 9.18. The molecule has 4 aliphatic rings. The van der Waals surface area contributed by atoms with Crippen molar-refractivity contribution in [2.45, 2.75) is 81.8 Å². The number of fused-ring (bicyclic) bond motifs is 2. The summed E-state index contributed by atoms with van der Waals surface area (Å²) in [4.78, 5) is 14.9. The van der Waals surface area contributed by atoms with Crippen LogP contribution < -0.4 is 5.32 Å². The van der Waals surface area contributed by atoms with E-state index in [2.05, 4.69) is 15.4 Å². The van der Waals surface area contributed by atoms with Crippen LogP contribution in [0.3, 0.4) is 0 Å². The van der Waals surface area contributed by atoms with Gasteiger partial charge in [-0.3, -0.25) is 4.79 Å². The average molecular weight is 437 g/mol. The van der Waals surface area contributed by atoms with Crippen molar-refractivity contribution in [3.63, 3.8) is 0 Å². The molecule has 1 unspecified atom stereocenters. The summed E-state index contributed by atoms with van der Waals surface area (Å²) in [5, 5.41) is 6.99. The lowest BCUT2D eigenvalue weighted by Gasteiger charge is -2.38. The van der Waals surface area contributed by atoms with Gasteiger partial charge < -0.3 is 14.7 Å². The Morgan fingerprint density at radius 3 is 2.50 bits per heavy atom. The summed E-state index contributed by atoms with van der Waals surface area (Å²) in [6.07, 6.45) is 8.50. The van der Waals surface area contributed by atoms with Crippen LogP contribution in [-0.2, 0) is 10.0 Å². The molecule has 166 valence electrons. The summed E-state index contributed by atoms with van der Waals surface area (Å²) >= 11 is 0. The van der Waals surface area contributed by atoms with Crippen LogP contribution in [0.4, 0.5) is 0 Å². The van der Waals surface area contributed by atoms with E-state index in [9.17, 15) is 13.2 Å². The smallest absolute Gasteiger partial charge is 0.273 e. The normalized spacial score (nSPS) is 30.1. The van der Waals surface area contributed by atoms with Crippen LogP contribution in [0.15, 0.2) is 10.6 Å². The Bertz CT molecular complexity index is 861. The van der Waals surface area contributed by atoms with Gasteiger partial charge in [0.1, 0.15) is 5.76 Å². The van der Waals surface area contributed by atoms with E-state index in [1.807, 2.05) is 0 Å². The number of piperidine rings is 1.